The van der Waals surface area contributed by atoms with Gasteiger partial charge >= 0.3 is 0 Å². The van der Waals surface area contributed by atoms with E-state index in [0.29, 0.717) is 18.0 Å². The molecule has 1 aromatic carbocycles. The second-order valence-corrected chi connectivity index (χ2v) is 4.13. The molecule has 0 spiro atoms. The molecule has 0 saturated carbocycles. The van der Waals surface area contributed by atoms with Crippen LogP contribution in [0.15, 0.2) is 58.9 Å². The first-order valence-corrected chi connectivity index (χ1v) is 6.15. The van der Waals surface area contributed by atoms with Crippen molar-refractivity contribution in [3.05, 3.63) is 60.2 Å². The summed E-state index contributed by atoms with van der Waals surface area (Å²) in [6.07, 6.45) is 2.86. The number of phenolic OH excluding ortho intramolecular Hbond substituents is 1. The fourth-order valence-corrected chi connectivity index (χ4v) is 1.60. The maximum absolute atomic E-state index is 11.9. The standard InChI is InChI=1S/C15H13N3O3/c16-8-11(9-17-10-14-5-2-6-21-14)15(20)18-12-3-1-4-13(19)7-12/h1-7,9,17,19H,10H2,(H,18,20)/b11-9-. The Morgan fingerprint density at radius 2 is 2.24 bits per heavy atom. The molecule has 0 bridgehead atoms. The molecule has 0 aliphatic carbocycles. The lowest BCUT2D eigenvalue weighted by molar-refractivity contribution is -0.112. The van der Waals surface area contributed by atoms with Gasteiger partial charge in [-0.1, -0.05) is 6.07 Å². The highest BCUT2D eigenvalue weighted by atomic mass is 16.3. The van der Waals surface area contributed by atoms with Crippen LogP contribution in [0.5, 0.6) is 5.75 Å². The molecule has 1 amide bonds. The summed E-state index contributed by atoms with van der Waals surface area (Å²) in [6, 6.07) is 11.4. The Labute approximate surface area is 121 Å². The van der Waals surface area contributed by atoms with Gasteiger partial charge in [0.2, 0.25) is 0 Å². The lowest BCUT2D eigenvalue weighted by atomic mass is 10.2. The molecule has 21 heavy (non-hydrogen) atoms. The molecule has 2 aromatic rings. The van der Waals surface area contributed by atoms with Crippen molar-refractivity contribution >= 4 is 11.6 Å². The fraction of sp³-hybridized carbons (Fsp3) is 0.0667. The normalized spacial score (nSPS) is 10.7. The maximum atomic E-state index is 11.9. The van der Waals surface area contributed by atoms with E-state index in [1.54, 1.807) is 30.5 Å². The highest BCUT2D eigenvalue weighted by Crippen LogP contribution is 2.15. The zero-order valence-corrected chi connectivity index (χ0v) is 11.0. The first kappa shape index (κ1) is 14.2. The average molecular weight is 283 g/mol. The molecule has 0 aliphatic rings. The lowest BCUT2D eigenvalue weighted by Crippen LogP contribution is -2.16. The fourth-order valence-electron chi connectivity index (χ4n) is 1.60. The lowest BCUT2D eigenvalue weighted by Gasteiger charge is -2.05. The van der Waals surface area contributed by atoms with Crippen LogP contribution in [0.4, 0.5) is 5.69 Å². The van der Waals surface area contributed by atoms with Crippen LogP contribution >= 0.6 is 0 Å². The largest absolute Gasteiger partial charge is 0.508 e. The minimum absolute atomic E-state index is 0.0335. The minimum atomic E-state index is -0.560. The van der Waals surface area contributed by atoms with E-state index in [9.17, 15) is 9.90 Å². The number of hydrogen-bond acceptors (Lipinski definition) is 5. The first-order valence-electron chi connectivity index (χ1n) is 6.15. The molecule has 0 radical (unpaired) electrons. The summed E-state index contributed by atoms with van der Waals surface area (Å²) in [5, 5.41) is 23.7. The number of carbonyl (C=O) groups excluding carboxylic acids is 1. The van der Waals surface area contributed by atoms with Gasteiger partial charge in [-0.05, 0) is 24.3 Å². The molecular formula is C15H13N3O3. The van der Waals surface area contributed by atoms with Gasteiger partial charge in [-0.3, -0.25) is 4.79 Å². The van der Waals surface area contributed by atoms with E-state index in [0.717, 1.165) is 0 Å². The zero-order valence-electron chi connectivity index (χ0n) is 11.0. The molecule has 106 valence electrons. The summed E-state index contributed by atoms with van der Waals surface area (Å²) in [5.74, 6) is 0.165. The van der Waals surface area contributed by atoms with E-state index in [2.05, 4.69) is 10.6 Å². The summed E-state index contributed by atoms with van der Waals surface area (Å²) < 4.78 is 5.12. The van der Waals surface area contributed by atoms with Crippen LogP contribution < -0.4 is 10.6 Å². The molecule has 0 aliphatic heterocycles. The quantitative estimate of drug-likeness (QED) is 0.576. The summed E-state index contributed by atoms with van der Waals surface area (Å²) in [5.41, 5.74) is 0.331. The van der Waals surface area contributed by atoms with Crippen LogP contribution in [0, 0.1) is 11.3 Å². The Morgan fingerprint density at radius 1 is 1.38 bits per heavy atom. The van der Waals surface area contributed by atoms with Gasteiger partial charge in [0.25, 0.3) is 5.91 Å². The zero-order chi connectivity index (χ0) is 15.1. The van der Waals surface area contributed by atoms with Gasteiger partial charge in [-0.25, -0.2) is 0 Å². The number of hydrogen-bond donors (Lipinski definition) is 3. The monoisotopic (exact) mass is 283 g/mol. The predicted molar refractivity (Wildman–Crippen MR) is 76.0 cm³/mol. The maximum Gasteiger partial charge on any atom is 0.267 e. The van der Waals surface area contributed by atoms with Crippen LogP contribution in [0.25, 0.3) is 0 Å². The molecular weight excluding hydrogens is 270 g/mol. The van der Waals surface area contributed by atoms with Crippen molar-refractivity contribution in [2.45, 2.75) is 6.54 Å². The first-order chi connectivity index (χ1) is 10.2. The molecule has 1 heterocycles. The van der Waals surface area contributed by atoms with Crippen molar-refractivity contribution in [3.63, 3.8) is 0 Å². The van der Waals surface area contributed by atoms with Gasteiger partial charge in [0.1, 0.15) is 23.2 Å². The van der Waals surface area contributed by atoms with E-state index in [1.807, 2.05) is 6.07 Å². The Hall–Kier alpha value is -3.20. The highest BCUT2D eigenvalue weighted by Gasteiger charge is 2.09. The molecule has 0 saturated heterocycles. The van der Waals surface area contributed by atoms with Gasteiger partial charge in [-0.15, -0.1) is 0 Å². The number of benzene rings is 1. The average Bonchev–Trinajstić information content (AvgIpc) is 2.96. The van der Waals surface area contributed by atoms with Crippen LogP contribution in [-0.2, 0) is 11.3 Å². The van der Waals surface area contributed by atoms with Crippen LogP contribution in [-0.4, -0.2) is 11.0 Å². The number of carbonyl (C=O) groups is 1. The summed E-state index contributed by atoms with van der Waals surface area (Å²) in [7, 11) is 0. The number of aromatic hydroxyl groups is 1. The Bertz CT molecular complexity index is 684. The van der Waals surface area contributed by atoms with Gasteiger partial charge in [0.05, 0.1) is 12.8 Å². The number of rotatable bonds is 5. The molecule has 6 nitrogen and oxygen atoms in total. The predicted octanol–water partition coefficient (Wildman–Crippen LogP) is 2.12. The molecule has 0 fully saturated rings. The number of furan rings is 1. The van der Waals surface area contributed by atoms with E-state index >= 15 is 0 Å². The van der Waals surface area contributed by atoms with Crippen molar-refractivity contribution < 1.29 is 14.3 Å². The van der Waals surface area contributed by atoms with Crippen LogP contribution in [0.2, 0.25) is 0 Å². The van der Waals surface area contributed by atoms with Gasteiger partial charge in [0, 0.05) is 18.0 Å². The second-order valence-electron chi connectivity index (χ2n) is 4.13. The summed E-state index contributed by atoms with van der Waals surface area (Å²) in [6.45, 7) is 0.373. The molecule has 2 rings (SSSR count). The Morgan fingerprint density at radius 3 is 2.90 bits per heavy atom. The van der Waals surface area contributed by atoms with E-state index in [4.69, 9.17) is 9.68 Å². The van der Waals surface area contributed by atoms with E-state index in [1.165, 1.54) is 18.3 Å². The van der Waals surface area contributed by atoms with Gasteiger partial charge < -0.3 is 20.2 Å². The van der Waals surface area contributed by atoms with Crippen molar-refractivity contribution in [1.82, 2.24) is 5.32 Å². The number of amides is 1. The third kappa shape index (κ3) is 4.14. The molecule has 6 heteroatoms. The smallest absolute Gasteiger partial charge is 0.267 e. The number of anilines is 1. The van der Waals surface area contributed by atoms with E-state index in [-0.39, 0.29) is 11.3 Å². The third-order valence-electron chi connectivity index (χ3n) is 2.57. The minimum Gasteiger partial charge on any atom is -0.508 e. The number of phenols is 1. The number of nitrogens with zero attached hydrogens (tertiary/aromatic N) is 1. The summed E-state index contributed by atoms with van der Waals surface area (Å²) in [4.78, 5) is 11.9. The summed E-state index contributed by atoms with van der Waals surface area (Å²) >= 11 is 0. The van der Waals surface area contributed by atoms with Crippen molar-refractivity contribution in [3.8, 4) is 11.8 Å². The third-order valence-corrected chi connectivity index (χ3v) is 2.57. The molecule has 0 atom stereocenters. The van der Waals surface area contributed by atoms with Gasteiger partial charge in [-0.2, -0.15) is 5.26 Å². The molecule has 1 aromatic heterocycles. The number of nitrogens with one attached hydrogen (secondary N) is 2. The van der Waals surface area contributed by atoms with Crippen molar-refractivity contribution in [2.24, 2.45) is 0 Å². The van der Waals surface area contributed by atoms with Crippen LogP contribution in [0.3, 0.4) is 0 Å². The Balaban J connectivity index is 1.96. The number of nitriles is 1. The molecule has 0 unspecified atom stereocenters. The topological polar surface area (TPSA) is 98.3 Å². The SMILES string of the molecule is N#C/C(=C/NCc1ccco1)C(=O)Nc1cccc(O)c1. The van der Waals surface area contributed by atoms with Gasteiger partial charge in [0.15, 0.2) is 0 Å². The second kappa shape index (κ2) is 6.82. The van der Waals surface area contributed by atoms with Crippen molar-refractivity contribution in [2.75, 3.05) is 5.32 Å². The molecule has 3 N–H and O–H groups in total. The van der Waals surface area contributed by atoms with Crippen molar-refractivity contribution in [1.29, 1.82) is 5.26 Å². The highest BCUT2D eigenvalue weighted by molar-refractivity contribution is 6.06. The Kier molecular flexibility index (Phi) is 4.62. The van der Waals surface area contributed by atoms with E-state index < -0.39 is 5.91 Å². The van der Waals surface area contributed by atoms with Crippen LogP contribution in [0.1, 0.15) is 5.76 Å².